The number of hydrogen-bond donors (Lipinski definition) is 1. The van der Waals surface area contributed by atoms with Gasteiger partial charge in [0.15, 0.2) is 11.7 Å². The third-order valence-electron chi connectivity index (χ3n) is 4.53. The molecule has 1 aromatic carbocycles. The number of carbonyl (C=O) groups is 1. The normalized spacial score (nSPS) is 14.6. The first-order valence-electron chi connectivity index (χ1n) is 8.81. The number of furan rings is 1. The number of piperazine rings is 1. The molecule has 3 rings (SSSR count). The summed E-state index contributed by atoms with van der Waals surface area (Å²) in [7, 11) is 1.71. The maximum absolute atomic E-state index is 13.8. The molecule has 1 aliphatic rings. The van der Waals surface area contributed by atoms with Gasteiger partial charge in [-0.1, -0.05) is 17.7 Å². The van der Waals surface area contributed by atoms with E-state index in [-0.39, 0.29) is 35.7 Å². The SMILES string of the molecule is CN=C(NCCc1c(F)cccc1Cl)N1CCN(C(=O)c2ccco2)CC1.I. The zero-order valence-corrected chi connectivity index (χ0v) is 18.6. The molecule has 0 atom stereocenters. The van der Waals surface area contributed by atoms with Crippen LogP contribution in [0.2, 0.25) is 5.02 Å². The monoisotopic (exact) mass is 520 g/mol. The minimum atomic E-state index is -0.302. The van der Waals surface area contributed by atoms with Crippen LogP contribution in [0.4, 0.5) is 4.39 Å². The van der Waals surface area contributed by atoms with Gasteiger partial charge in [-0.25, -0.2) is 4.39 Å². The lowest BCUT2D eigenvalue weighted by Crippen LogP contribution is -2.54. The molecule has 2 aromatic rings. The van der Waals surface area contributed by atoms with Gasteiger partial charge < -0.3 is 19.5 Å². The van der Waals surface area contributed by atoms with E-state index >= 15 is 0 Å². The molecule has 2 heterocycles. The lowest BCUT2D eigenvalue weighted by atomic mass is 10.1. The Kier molecular flexibility index (Phi) is 8.56. The predicted molar refractivity (Wildman–Crippen MR) is 118 cm³/mol. The van der Waals surface area contributed by atoms with Crippen molar-refractivity contribution in [2.45, 2.75) is 6.42 Å². The van der Waals surface area contributed by atoms with E-state index in [1.54, 1.807) is 36.2 Å². The molecule has 0 aliphatic carbocycles. The van der Waals surface area contributed by atoms with Crippen molar-refractivity contribution in [2.24, 2.45) is 4.99 Å². The molecule has 9 heteroatoms. The molecule has 1 amide bonds. The van der Waals surface area contributed by atoms with Crippen LogP contribution in [-0.4, -0.2) is 61.4 Å². The number of nitrogens with zero attached hydrogens (tertiary/aromatic N) is 3. The van der Waals surface area contributed by atoms with Crippen LogP contribution < -0.4 is 5.32 Å². The third kappa shape index (κ3) is 5.38. The Labute approximate surface area is 185 Å². The van der Waals surface area contributed by atoms with Crippen LogP contribution in [0.5, 0.6) is 0 Å². The minimum Gasteiger partial charge on any atom is -0.459 e. The Morgan fingerprint density at radius 3 is 2.54 bits per heavy atom. The maximum Gasteiger partial charge on any atom is 0.289 e. The molecule has 1 N–H and O–H groups in total. The van der Waals surface area contributed by atoms with Crippen molar-refractivity contribution in [3.8, 4) is 0 Å². The van der Waals surface area contributed by atoms with Crippen LogP contribution in [-0.2, 0) is 6.42 Å². The van der Waals surface area contributed by atoms with Crippen LogP contribution in [0.25, 0.3) is 0 Å². The van der Waals surface area contributed by atoms with Gasteiger partial charge in [0.05, 0.1) is 6.26 Å². The van der Waals surface area contributed by atoms with Crippen molar-refractivity contribution >= 4 is 47.4 Å². The second kappa shape index (κ2) is 10.7. The van der Waals surface area contributed by atoms with Crippen molar-refractivity contribution in [1.82, 2.24) is 15.1 Å². The molecular weight excluding hydrogens is 498 g/mol. The van der Waals surface area contributed by atoms with Crippen molar-refractivity contribution < 1.29 is 13.6 Å². The number of amides is 1. The first-order chi connectivity index (χ1) is 13.1. The van der Waals surface area contributed by atoms with E-state index in [1.807, 2.05) is 0 Å². The first kappa shape index (κ1) is 22.5. The Morgan fingerprint density at radius 2 is 1.93 bits per heavy atom. The van der Waals surface area contributed by atoms with Gasteiger partial charge >= 0.3 is 0 Å². The molecule has 0 unspecified atom stereocenters. The van der Waals surface area contributed by atoms with Crippen LogP contribution in [0.3, 0.4) is 0 Å². The number of aliphatic imine (C=N–C) groups is 1. The van der Waals surface area contributed by atoms with E-state index in [1.165, 1.54) is 12.3 Å². The van der Waals surface area contributed by atoms with Gasteiger partial charge in [-0.15, -0.1) is 24.0 Å². The van der Waals surface area contributed by atoms with E-state index in [4.69, 9.17) is 16.0 Å². The molecule has 152 valence electrons. The molecule has 1 saturated heterocycles. The fourth-order valence-corrected chi connectivity index (χ4v) is 3.34. The Hall–Kier alpha value is -1.81. The molecule has 0 radical (unpaired) electrons. The number of rotatable bonds is 4. The highest BCUT2D eigenvalue weighted by Gasteiger charge is 2.25. The van der Waals surface area contributed by atoms with Gasteiger partial charge in [-0.3, -0.25) is 9.79 Å². The van der Waals surface area contributed by atoms with E-state index in [0.29, 0.717) is 55.5 Å². The third-order valence-corrected chi connectivity index (χ3v) is 4.88. The van der Waals surface area contributed by atoms with Crippen LogP contribution in [0.1, 0.15) is 16.1 Å². The van der Waals surface area contributed by atoms with Crippen LogP contribution in [0.15, 0.2) is 46.0 Å². The Morgan fingerprint density at radius 1 is 1.21 bits per heavy atom. The molecule has 1 aromatic heterocycles. The summed E-state index contributed by atoms with van der Waals surface area (Å²) in [4.78, 5) is 20.5. The minimum absolute atomic E-state index is 0. The molecule has 1 aliphatic heterocycles. The molecule has 28 heavy (non-hydrogen) atoms. The summed E-state index contributed by atoms with van der Waals surface area (Å²) < 4.78 is 19.0. The number of guanidine groups is 1. The summed E-state index contributed by atoms with van der Waals surface area (Å²) in [5, 5.41) is 3.67. The summed E-state index contributed by atoms with van der Waals surface area (Å²) in [6.07, 6.45) is 1.96. The quantitative estimate of drug-likeness (QED) is 0.382. The van der Waals surface area contributed by atoms with Gasteiger partial charge in [0.1, 0.15) is 5.82 Å². The zero-order valence-electron chi connectivity index (χ0n) is 15.5. The maximum atomic E-state index is 13.8. The Bertz CT molecular complexity index is 788. The lowest BCUT2D eigenvalue weighted by Gasteiger charge is -2.36. The topological polar surface area (TPSA) is 61.1 Å². The zero-order chi connectivity index (χ0) is 19.2. The van der Waals surface area contributed by atoms with Crippen molar-refractivity contribution in [2.75, 3.05) is 39.8 Å². The second-order valence-corrected chi connectivity index (χ2v) is 6.59. The largest absolute Gasteiger partial charge is 0.459 e. The highest BCUT2D eigenvalue weighted by atomic mass is 127. The van der Waals surface area contributed by atoms with Gasteiger partial charge in [0.2, 0.25) is 0 Å². The van der Waals surface area contributed by atoms with Gasteiger partial charge in [-0.2, -0.15) is 0 Å². The van der Waals surface area contributed by atoms with Gasteiger partial charge in [0, 0.05) is 50.4 Å². The van der Waals surface area contributed by atoms with Gasteiger partial charge in [0.25, 0.3) is 5.91 Å². The van der Waals surface area contributed by atoms with Crippen molar-refractivity contribution in [1.29, 1.82) is 0 Å². The second-order valence-electron chi connectivity index (χ2n) is 6.18. The number of carbonyl (C=O) groups excluding carboxylic acids is 1. The summed E-state index contributed by atoms with van der Waals surface area (Å²) in [6, 6.07) is 8.06. The fourth-order valence-electron chi connectivity index (χ4n) is 3.08. The Balaban J connectivity index is 0.00000280. The molecule has 0 saturated carbocycles. The standard InChI is InChI=1S/C19H22ClFN4O2.HI/c1-22-19(23-8-7-14-15(20)4-2-5-16(14)21)25-11-9-24(10-12-25)18(26)17-6-3-13-27-17;/h2-6,13H,7-12H2,1H3,(H,22,23);1H. The predicted octanol–water partition coefficient (Wildman–Crippen LogP) is 3.27. The van der Waals surface area contributed by atoms with Crippen LogP contribution >= 0.6 is 35.6 Å². The van der Waals surface area contributed by atoms with Crippen molar-refractivity contribution in [3.05, 3.63) is 58.8 Å². The smallest absolute Gasteiger partial charge is 0.289 e. The highest BCUT2D eigenvalue weighted by molar-refractivity contribution is 14.0. The average molecular weight is 521 g/mol. The van der Waals surface area contributed by atoms with E-state index in [9.17, 15) is 9.18 Å². The number of benzene rings is 1. The molecule has 0 spiro atoms. The number of nitrogens with one attached hydrogen (secondary N) is 1. The van der Waals surface area contributed by atoms with E-state index < -0.39 is 0 Å². The molecule has 0 bridgehead atoms. The average Bonchev–Trinajstić information content (AvgIpc) is 3.22. The van der Waals surface area contributed by atoms with Crippen molar-refractivity contribution in [3.63, 3.8) is 0 Å². The van der Waals surface area contributed by atoms with Gasteiger partial charge in [-0.05, 0) is 30.7 Å². The number of halogens is 3. The van der Waals surface area contributed by atoms with Crippen LogP contribution in [0, 0.1) is 5.82 Å². The molecular formula is C19H23ClFIN4O2. The lowest BCUT2D eigenvalue weighted by molar-refractivity contribution is 0.0658. The van der Waals surface area contributed by atoms with E-state index in [0.717, 1.165) is 5.96 Å². The first-order valence-corrected chi connectivity index (χ1v) is 9.19. The summed E-state index contributed by atoms with van der Waals surface area (Å²) in [6.45, 7) is 3.00. The summed E-state index contributed by atoms with van der Waals surface area (Å²) >= 11 is 6.06. The highest BCUT2D eigenvalue weighted by Crippen LogP contribution is 2.19. The molecule has 6 nitrogen and oxygen atoms in total. The number of hydrogen-bond acceptors (Lipinski definition) is 3. The summed E-state index contributed by atoms with van der Waals surface area (Å²) in [5.41, 5.74) is 0.496. The fraction of sp³-hybridized carbons (Fsp3) is 0.368. The van der Waals surface area contributed by atoms with E-state index in [2.05, 4.69) is 15.2 Å². The molecule has 1 fully saturated rings. The summed E-state index contributed by atoms with van der Waals surface area (Å²) in [5.74, 6) is 0.682.